The Balaban J connectivity index is 1.90. The van der Waals surface area contributed by atoms with E-state index >= 15 is 0 Å². The van der Waals surface area contributed by atoms with Crippen LogP contribution in [0, 0.1) is 0 Å². The van der Waals surface area contributed by atoms with Crippen molar-refractivity contribution < 1.29 is 23.0 Å². The van der Waals surface area contributed by atoms with Crippen molar-refractivity contribution in [3.05, 3.63) is 65.9 Å². The normalized spacial score (nSPS) is 10.9. The summed E-state index contributed by atoms with van der Waals surface area (Å²) in [6.07, 6.45) is -2.08. The molecule has 5 nitrogen and oxygen atoms in total. The molecule has 146 valence electrons. The summed E-state index contributed by atoms with van der Waals surface area (Å²) in [5.74, 6) is 0.350. The molecule has 0 aliphatic carbocycles. The van der Waals surface area contributed by atoms with E-state index in [0.29, 0.717) is 30.2 Å². The zero-order chi connectivity index (χ0) is 20.1. The maximum absolute atomic E-state index is 13.2. The lowest BCUT2D eigenvalue weighted by Gasteiger charge is -2.09. The number of esters is 1. The zero-order valence-electron chi connectivity index (χ0n) is 15.6. The topological polar surface area (TPSA) is 53.4 Å². The summed E-state index contributed by atoms with van der Waals surface area (Å²) in [5.41, 5.74) is 2.67. The third-order valence-electron chi connectivity index (χ3n) is 4.21. The third-order valence-corrected chi connectivity index (χ3v) is 4.21. The molecule has 0 amide bonds. The quantitative estimate of drug-likeness (QED) is 0.557. The van der Waals surface area contributed by atoms with Crippen LogP contribution in [0.4, 0.5) is 8.78 Å². The summed E-state index contributed by atoms with van der Waals surface area (Å²) in [6, 6.07) is 15.9. The Labute approximate surface area is 161 Å². The SMILES string of the molecule is COc1ccc(-n2nc(C(F)F)cc2-c2ccc(CCOC(C)=O)cc2)cc1. The molecule has 7 heteroatoms. The summed E-state index contributed by atoms with van der Waals surface area (Å²) < 4.78 is 38.1. The Hall–Kier alpha value is -3.22. The lowest BCUT2D eigenvalue weighted by molar-refractivity contribution is -0.140. The number of carbonyl (C=O) groups excluding carboxylic acids is 1. The molecule has 0 atom stereocenters. The highest BCUT2D eigenvalue weighted by atomic mass is 19.3. The van der Waals surface area contributed by atoms with E-state index in [2.05, 4.69) is 5.10 Å². The molecule has 0 radical (unpaired) electrons. The fourth-order valence-corrected chi connectivity index (χ4v) is 2.79. The monoisotopic (exact) mass is 386 g/mol. The zero-order valence-corrected chi connectivity index (χ0v) is 15.6. The van der Waals surface area contributed by atoms with Gasteiger partial charge in [0.2, 0.25) is 0 Å². The predicted octanol–water partition coefficient (Wildman–Crippen LogP) is 4.59. The lowest BCUT2D eigenvalue weighted by Crippen LogP contribution is -2.03. The fraction of sp³-hybridized carbons (Fsp3) is 0.238. The van der Waals surface area contributed by atoms with Crippen molar-refractivity contribution in [3.8, 4) is 22.7 Å². The Morgan fingerprint density at radius 1 is 1.11 bits per heavy atom. The molecule has 3 rings (SSSR count). The number of carbonyl (C=O) groups is 1. The average Bonchev–Trinajstić information content (AvgIpc) is 3.14. The Bertz CT molecular complexity index is 935. The highest BCUT2D eigenvalue weighted by Gasteiger charge is 2.18. The van der Waals surface area contributed by atoms with Crippen molar-refractivity contribution in [1.82, 2.24) is 9.78 Å². The van der Waals surface area contributed by atoms with Crippen LogP contribution in [0.5, 0.6) is 5.75 Å². The van der Waals surface area contributed by atoms with Gasteiger partial charge < -0.3 is 9.47 Å². The highest BCUT2D eigenvalue weighted by molar-refractivity contribution is 5.66. The molecule has 0 unspecified atom stereocenters. The van der Waals surface area contributed by atoms with Crippen LogP contribution in [0.15, 0.2) is 54.6 Å². The molecule has 0 aliphatic rings. The highest BCUT2D eigenvalue weighted by Crippen LogP contribution is 2.29. The van der Waals surface area contributed by atoms with Gasteiger partial charge >= 0.3 is 5.97 Å². The number of halogens is 2. The molecule has 0 saturated carbocycles. The Morgan fingerprint density at radius 2 is 1.79 bits per heavy atom. The van der Waals surface area contributed by atoms with Crippen LogP contribution in [-0.2, 0) is 16.0 Å². The van der Waals surface area contributed by atoms with Gasteiger partial charge in [-0.05, 0) is 35.9 Å². The molecule has 0 aliphatic heterocycles. The van der Waals surface area contributed by atoms with Gasteiger partial charge in [-0.15, -0.1) is 0 Å². The molecule has 2 aromatic carbocycles. The molecular formula is C21H20F2N2O3. The summed E-state index contributed by atoms with van der Waals surface area (Å²) in [5, 5.41) is 4.07. The van der Waals surface area contributed by atoms with E-state index < -0.39 is 6.43 Å². The Morgan fingerprint density at radius 3 is 2.36 bits per heavy atom. The van der Waals surface area contributed by atoms with E-state index in [-0.39, 0.29) is 11.7 Å². The van der Waals surface area contributed by atoms with Crippen molar-refractivity contribution >= 4 is 5.97 Å². The van der Waals surface area contributed by atoms with Crippen LogP contribution in [0.2, 0.25) is 0 Å². The van der Waals surface area contributed by atoms with Crippen molar-refractivity contribution in [1.29, 1.82) is 0 Å². The van der Waals surface area contributed by atoms with Crippen LogP contribution < -0.4 is 4.74 Å². The van der Waals surface area contributed by atoms with Gasteiger partial charge in [0, 0.05) is 18.9 Å². The maximum atomic E-state index is 13.2. The standard InChI is InChI=1S/C21H20F2N2O3/c1-14(26)28-12-11-15-3-5-16(6-4-15)20-13-19(21(22)23)24-25(20)17-7-9-18(27-2)10-8-17/h3-10,13,21H,11-12H2,1-2H3. The molecule has 3 aromatic rings. The van der Waals surface area contributed by atoms with Crippen molar-refractivity contribution in [2.24, 2.45) is 0 Å². The van der Waals surface area contributed by atoms with Gasteiger partial charge in [0.05, 0.1) is 25.1 Å². The molecule has 0 N–H and O–H groups in total. The molecule has 0 saturated heterocycles. The van der Waals surface area contributed by atoms with Gasteiger partial charge in [-0.2, -0.15) is 5.10 Å². The van der Waals surface area contributed by atoms with E-state index in [1.165, 1.54) is 17.7 Å². The number of nitrogens with zero attached hydrogens (tertiary/aromatic N) is 2. The van der Waals surface area contributed by atoms with Gasteiger partial charge in [-0.3, -0.25) is 4.79 Å². The number of ether oxygens (including phenoxy) is 2. The van der Waals surface area contributed by atoms with Crippen molar-refractivity contribution in [2.45, 2.75) is 19.8 Å². The second-order valence-electron chi connectivity index (χ2n) is 6.15. The van der Waals surface area contributed by atoms with Gasteiger partial charge in [-0.25, -0.2) is 13.5 Å². The molecule has 28 heavy (non-hydrogen) atoms. The van der Waals surface area contributed by atoms with Crippen LogP contribution in [-0.4, -0.2) is 29.5 Å². The van der Waals surface area contributed by atoms with Gasteiger partial charge in [0.25, 0.3) is 6.43 Å². The summed E-state index contributed by atoms with van der Waals surface area (Å²) in [6.45, 7) is 1.66. The first-order chi connectivity index (χ1) is 13.5. The van der Waals surface area contributed by atoms with E-state index in [0.717, 1.165) is 11.1 Å². The number of methoxy groups -OCH3 is 1. The van der Waals surface area contributed by atoms with Gasteiger partial charge in [-0.1, -0.05) is 24.3 Å². The average molecular weight is 386 g/mol. The first kappa shape index (κ1) is 19.5. The van der Waals surface area contributed by atoms with Crippen molar-refractivity contribution in [2.75, 3.05) is 13.7 Å². The molecule has 0 spiro atoms. The molecule has 0 fully saturated rings. The van der Waals surface area contributed by atoms with Crippen LogP contribution in [0.25, 0.3) is 16.9 Å². The molecule has 0 bridgehead atoms. The van der Waals surface area contributed by atoms with E-state index in [4.69, 9.17) is 9.47 Å². The number of aromatic nitrogens is 2. The predicted molar refractivity (Wildman–Crippen MR) is 101 cm³/mol. The lowest BCUT2D eigenvalue weighted by atomic mass is 10.1. The third kappa shape index (κ3) is 4.54. The number of rotatable bonds is 7. The maximum Gasteiger partial charge on any atom is 0.302 e. The molecule has 1 aromatic heterocycles. The van der Waals surface area contributed by atoms with E-state index in [9.17, 15) is 13.6 Å². The number of hydrogen-bond acceptors (Lipinski definition) is 4. The number of alkyl halides is 2. The minimum Gasteiger partial charge on any atom is -0.497 e. The van der Waals surface area contributed by atoms with E-state index in [1.807, 2.05) is 24.3 Å². The molecular weight excluding hydrogens is 366 g/mol. The first-order valence-corrected chi connectivity index (χ1v) is 8.73. The second kappa shape index (κ2) is 8.65. The first-order valence-electron chi connectivity index (χ1n) is 8.73. The minimum absolute atomic E-state index is 0.287. The van der Waals surface area contributed by atoms with Gasteiger partial charge in [0.15, 0.2) is 0 Å². The van der Waals surface area contributed by atoms with Crippen molar-refractivity contribution in [3.63, 3.8) is 0 Å². The minimum atomic E-state index is -2.67. The van der Waals surface area contributed by atoms with Gasteiger partial charge in [0.1, 0.15) is 11.4 Å². The summed E-state index contributed by atoms with van der Waals surface area (Å²) >= 11 is 0. The number of hydrogen-bond donors (Lipinski definition) is 0. The Kier molecular flexibility index (Phi) is 6.03. The summed E-state index contributed by atoms with van der Waals surface area (Å²) in [4.78, 5) is 10.8. The molecule has 1 heterocycles. The van der Waals surface area contributed by atoms with E-state index in [1.54, 1.807) is 31.4 Å². The van der Waals surface area contributed by atoms with Crippen LogP contribution >= 0.6 is 0 Å². The fourth-order valence-electron chi connectivity index (χ4n) is 2.79. The smallest absolute Gasteiger partial charge is 0.302 e. The largest absolute Gasteiger partial charge is 0.497 e. The van der Waals surface area contributed by atoms with Crippen LogP contribution in [0.1, 0.15) is 24.6 Å². The van der Waals surface area contributed by atoms with Crippen LogP contribution in [0.3, 0.4) is 0 Å². The summed E-state index contributed by atoms with van der Waals surface area (Å²) in [7, 11) is 1.56. The second-order valence-corrected chi connectivity index (χ2v) is 6.15. The number of benzene rings is 2.